The molecule has 0 aromatic heterocycles. The van der Waals surface area contributed by atoms with E-state index in [0.717, 1.165) is 5.01 Å². The molecule has 2 fully saturated rings. The number of nitrogens with zero attached hydrogens (tertiary/aromatic N) is 1. The van der Waals surface area contributed by atoms with E-state index in [1.54, 1.807) is 45.0 Å². The van der Waals surface area contributed by atoms with Gasteiger partial charge in [-0.2, -0.15) is 5.01 Å². The van der Waals surface area contributed by atoms with Crippen LogP contribution in [0.2, 0.25) is 0 Å². The molecule has 2 heterocycles. The highest BCUT2D eigenvalue weighted by atomic mass is 16.8. The predicted octanol–water partition coefficient (Wildman–Crippen LogP) is 3.24. The highest BCUT2D eigenvalue weighted by Gasteiger charge is 2.73. The molecule has 2 saturated heterocycles. The van der Waals surface area contributed by atoms with Gasteiger partial charge in [0, 0.05) is 0 Å². The number of fused-ring (bicyclic) bond motifs is 1. The molecule has 2 aliphatic heterocycles. The maximum atomic E-state index is 13.7. The van der Waals surface area contributed by atoms with Gasteiger partial charge in [-0.1, -0.05) is 39.0 Å². The van der Waals surface area contributed by atoms with Crippen LogP contribution in [0, 0.1) is 11.3 Å². The van der Waals surface area contributed by atoms with Gasteiger partial charge in [-0.05, 0) is 44.7 Å². The molecule has 1 N–H and O–H groups in total. The van der Waals surface area contributed by atoms with E-state index >= 15 is 0 Å². The number of rotatable bonds is 6. The Kier molecular flexibility index (Phi) is 5.58. The summed E-state index contributed by atoms with van der Waals surface area (Å²) in [6.45, 7) is 11.1. The molecule has 0 bridgehead atoms. The number of carbonyl (C=O) groups excluding carboxylic acids is 3. The number of amides is 1. The number of hydrogen-bond donors (Lipinski definition) is 1. The van der Waals surface area contributed by atoms with Crippen molar-refractivity contribution in [2.45, 2.75) is 72.0 Å². The maximum absolute atomic E-state index is 13.7. The summed E-state index contributed by atoms with van der Waals surface area (Å²) in [5.74, 6) is -4.29. The van der Waals surface area contributed by atoms with Crippen molar-refractivity contribution in [1.82, 2.24) is 5.01 Å². The maximum Gasteiger partial charge on any atom is 0.346 e. The van der Waals surface area contributed by atoms with E-state index in [0.29, 0.717) is 5.69 Å². The van der Waals surface area contributed by atoms with Crippen LogP contribution >= 0.6 is 0 Å². The van der Waals surface area contributed by atoms with Crippen LogP contribution < -0.4 is 5.43 Å². The first-order chi connectivity index (χ1) is 13.8. The fourth-order valence-electron chi connectivity index (χ4n) is 3.37. The summed E-state index contributed by atoms with van der Waals surface area (Å²) in [6.07, 6.45) is -0.266. The van der Waals surface area contributed by atoms with Gasteiger partial charge >= 0.3 is 17.8 Å². The molecule has 30 heavy (non-hydrogen) atoms. The van der Waals surface area contributed by atoms with Crippen LogP contribution in [0.5, 0.6) is 0 Å². The number of epoxide rings is 1. The van der Waals surface area contributed by atoms with Gasteiger partial charge in [0.1, 0.15) is 11.5 Å². The Bertz CT molecular complexity index is 826. The second-order valence-corrected chi connectivity index (χ2v) is 9.92. The van der Waals surface area contributed by atoms with Crippen LogP contribution in [-0.4, -0.2) is 40.5 Å². The van der Waals surface area contributed by atoms with E-state index in [1.807, 2.05) is 26.8 Å². The number of benzene rings is 1. The average Bonchev–Trinajstić information content (AvgIpc) is 3.17. The molecule has 1 aromatic carbocycles. The first kappa shape index (κ1) is 22.1. The van der Waals surface area contributed by atoms with Gasteiger partial charge in [0.25, 0.3) is 5.91 Å². The van der Waals surface area contributed by atoms with Crippen LogP contribution in [0.25, 0.3) is 0 Å². The van der Waals surface area contributed by atoms with Crippen LogP contribution in [0.4, 0.5) is 5.69 Å². The second-order valence-electron chi connectivity index (χ2n) is 9.92. The number of nitrogens with one attached hydrogen (secondary N) is 1. The summed E-state index contributed by atoms with van der Waals surface area (Å²) in [5, 5.41) is 1.14. The summed E-state index contributed by atoms with van der Waals surface area (Å²) in [7, 11) is 0. The van der Waals surface area contributed by atoms with Gasteiger partial charge < -0.3 is 14.2 Å². The Morgan fingerprint density at radius 3 is 2.33 bits per heavy atom. The van der Waals surface area contributed by atoms with Crippen molar-refractivity contribution in [2.75, 3.05) is 5.43 Å². The number of esters is 2. The molecule has 8 nitrogen and oxygen atoms in total. The zero-order chi connectivity index (χ0) is 22.3. The Morgan fingerprint density at radius 1 is 1.20 bits per heavy atom. The number of hydrogen-bond acceptors (Lipinski definition) is 7. The van der Waals surface area contributed by atoms with Crippen molar-refractivity contribution in [3.63, 3.8) is 0 Å². The molecule has 8 heteroatoms. The predicted molar refractivity (Wildman–Crippen MR) is 109 cm³/mol. The lowest BCUT2D eigenvalue weighted by molar-refractivity contribution is -0.185. The SMILES string of the molecule is CC(C)(C)C[C@H](C(=O)OC(C)(C)C)C(=O)N(Nc1ccccc1)[C@]12OC(=O)C[C@@H]1O2. The third kappa shape index (κ3) is 4.92. The van der Waals surface area contributed by atoms with E-state index < -0.39 is 41.4 Å². The molecular weight excluding hydrogens is 388 g/mol. The van der Waals surface area contributed by atoms with Crippen LogP contribution in [-0.2, 0) is 28.6 Å². The highest BCUT2D eigenvalue weighted by Crippen LogP contribution is 2.49. The molecule has 0 aliphatic carbocycles. The normalized spacial score (nSPS) is 23.8. The molecule has 0 radical (unpaired) electrons. The summed E-state index contributed by atoms with van der Waals surface area (Å²) in [4.78, 5) is 38.5. The van der Waals surface area contributed by atoms with Gasteiger partial charge in [-0.15, -0.1) is 0 Å². The smallest absolute Gasteiger partial charge is 0.346 e. The lowest BCUT2D eigenvalue weighted by atomic mass is 9.84. The van der Waals surface area contributed by atoms with E-state index in [4.69, 9.17) is 14.2 Å². The van der Waals surface area contributed by atoms with Gasteiger partial charge in [0.15, 0.2) is 6.10 Å². The molecule has 3 rings (SSSR count). The Hall–Kier alpha value is -2.61. The van der Waals surface area contributed by atoms with Crippen molar-refractivity contribution in [3.05, 3.63) is 30.3 Å². The molecular formula is C22H30N2O6. The molecule has 1 aromatic rings. The fourth-order valence-corrected chi connectivity index (χ4v) is 3.37. The first-order valence-corrected chi connectivity index (χ1v) is 10.1. The summed E-state index contributed by atoms with van der Waals surface area (Å²) < 4.78 is 16.5. The zero-order valence-corrected chi connectivity index (χ0v) is 18.4. The highest BCUT2D eigenvalue weighted by molar-refractivity contribution is 5.99. The van der Waals surface area contributed by atoms with Crippen molar-refractivity contribution >= 4 is 23.5 Å². The number of carbonyl (C=O) groups is 3. The molecule has 1 amide bonds. The minimum atomic E-state index is -1.54. The lowest BCUT2D eigenvalue weighted by Crippen LogP contribution is -2.53. The van der Waals surface area contributed by atoms with Crippen LogP contribution in [0.1, 0.15) is 54.4 Å². The number of anilines is 1. The van der Waals surface area contributed by atoms with E-state index in [9.17, 15) is 14.4 Å². The number of ether oxygens (including phenoxy) is 3. The Labute approximate surface area is 176 Å². The largest absolute Gasteiger partial charge is 0.459 e. The monoisotopic (exact) mass is 418 g/mol. The summed E-state index contributed by atoms with van der Waals surface area (Å²) >= 11 is 0. The molecule has 0 spiro atoms. The van der Waals surface area contributed by atoms with Gasteiger partial charge in [-0.3, -0.25) is 19.8 Å². The number of hydrazine groups is 1. The Balaban J connectivity index is 1.93. The molecule has 3 atom stereocenters. The van der Waals surface area contributed by atoms with Crippen molar-refractivity contribution in [1.29, 1.82) is 0 Å². The Morgan fingerprint density at radius 2 is 1.83 bits per heavy atom. The minimum Gasteiger partial charge on any atom is -0.459 e. The average molecular weight is 418 g/mol. The fraction of sp³-hybridized carbons (Fsp3) is 0.591. The number of para-hydroxylation sites is 1. The lowest BCUT2D eigenvalue weighted by Gasteiger charge is -2.33. The van der Waals surface area contributed by atoms with E-state index in [1.165, 1.54) is 0 Å². The summed E-state index contributed by atoms with van der Waals surface area (Å²) in [6, 6.07) is 8.96. The van der Waals surface area contributed by atoms with Gasteiger partial charge in [0.05, 0.1) is 12.1 Å². The molecule has 164 valence electrons. The third-order valence-corrected chi connectivity index (χ3v) is 4.63. The van der Waals surface area contributed by atoms with Crippen LogP contribution in [0.3, 0.4) is 0 Å². The standard InChI is InChI=1S/C22H30N2O6/c1-20(2,3)13-15(19(27)30-21(4,5)6)18(26)24(23-14-10-8-7-9-11-14)22-16(28-22)12-17(25)29-22/h7-11,15-16,23H,12-13H2,1-6H3/t15-,16-,22+/m0/s1. The topological polar surface area (TPSA) is 97.5 Å². The zero-order valence-electron chi connectivity index (χ0n) is 18.4. The van der Waals surface area contributed by atoms with Crippen molar-refractivity contribution in [2.24, 2.45) is 11.3 Å². The van der Waals surface area contributed by atoms with E-state index in [2.05, 4.69) is 5.43 Å². The second kappa shape index (κ2) is 7.58. The molecule has 0 unspecified atom stereocenters. The minimum absolute atomic E-state index is 0.0522. The van der Waals surface area contributed by atoms with Crippen molar-refractivity contribution in [3.8, 4) is 0 Å². The van der Waals surface area contributed by atoms with E-state index in [-0.39, 0.29) is 18.3 Å². The first-order valence-electron chi connectivity index (χ1n) is 10.1. The van der Waals surface area contributed by atoms with Crippen molar-refractivity contribution < 1.29 is 28.6 Å². The van der Waals surface area contributed by atoms with Gasteiger partial charge in [0.2, 0.25) is 0 Å². The van der Waals surface area contributed by atoms with Crippen LogP contribution in [0.15, 0.2) is 30.3 Å². The third-order valence-electron chi connectivity index (χ3n) is 4.63. The quantitative estimate of drug-likeness (QED) is 0.328. The van der Waals surface area contributed by atoms with Gasteiger partial charge in [-0.25, -0.2) is 0 Å². The molecule has 2 aliphatic rings. The summed E-state index contributed by atoms with van der Waals surface area (Å²) in [5.41, 5.74) is 2.50. The molecule has 0 saturated carbocycles.